The zero-order valence-electron chi connectivity index (χ0n) is 12.8. The average molecular weight is 294 g/mol. The highest BCUT2D eigenvalue weighted by atomic mass is 16.2. The quantitative estimate of drug-likeness (QED) is 0.868. The van der Waals surface area contributed by atoms with Gasteiger partial charge in [-0.05, 0) is 48.4 Å². The minimum Gasteiger partial charge on any atom is -0.342 e. The lowest BCUT2D eigenvalue weighted by Gasteiger charge is -2.32. The van der Waals surface area contributed by atoms with Gasteiger partial charge in [-0.3, -0.25) is 9.78 Å². The molecule has 1 amide bonds. The summed E-state index contributed by atoms with van der Waals surface area (Å²) in [5.74, 6) is 0.941. The monoisotopic (exact) mass is 294 g/mol. The minimum atomic E-state index is 0.240. The third-order valence-corrected chi connectivity index (χ3v) is 4.44. The molecule has 0 spiro atoms. The molecule has 2 heterocycles. The van der Waals surface area contributed by atoms with Crippen molar-refractivity contribution >= 4 is 5.91 Å². The van der Waals surface area contributed by atoms with Crippen molar-refractivity contribution in [3.05, 3.63) is 66.0 Å². The van der Waals surface area contributed by atoms with Crippen LogP contribution in [0.2, 0.25) is 0 Å². The summed E-state index contributed by atoms with van der Waals surface area (Å²) in [6.07, 6.45) is 7.33. The summed E-state index contributed by atoms with van der Waals surface area (Å²) in [4.78, 5) is 18.3. The van der Waals surface area contributed by atoms with Crippen LogP contribution >= 0.6 is 0 Å². The summed E-state index contributed by atoms with van der Waals surface area (Å²) in [5, 5.41) is 0. The summed E-state index contributed by atoms with van der Waals surface area (Å²) < 4.78 is 0. The number of nitrogens with zero attached hydrogens (tertiary/aromatic N) is 2. The Morgan fingerprint density at radius 1 is 1.00 bits per heavy atom. The van der Waals surface area contributed by atoms with E-state index >= 15 is 0 Å². The van der Waals surface area contributed by atoms with Gasteiger partial charge in [0.05, 0.1) is 6.42 Å². The number of rotatable bonds is 4. The van der Waals surface area contributed by atoms with E-state index in [4.69, 9.17) is 0 Å². The van der Waals surface area contributed by atoms with E-state index in [0.29, 0.717) is 12.3 Å². The molecule has 1 aliphatic rings. The lowest BCUT2D eigenvalue weighted by molar-refractivity contribution is -0.131. The standard InChI is InChI=1S/C19H22N2O/c22-19(15-17-6-10-20-11-7-17)21-12-8-18(9-13-21)14-16-4-2-1-3-5-16/h1-7,10-11,18H,8-9,12-15H2. The summed E-state index contributed by atoms with van der Waals surface area (Å²) in [7, 11) is 0. The molecule has 2 aromatic rings. The number of carbonyl (C=O) groups excluding carboxylic acids is 1. The van der Waals surface area contributed by atoms with Crippen molar-refractivity contribution in [2.75, 3.05) is 13.1 Å². The molecule has 0 unspecified atom stereocenters. The first-order valence-electron chi connectivity index (χ1n) is 8.02. The minimum absolute atomic E-state index is 0.240. The molecule has 0 aliphatic carbocycles. The molecule has 1 aliphatic heterocycles. The Morgan fingerprint density at radius 3 is 2.36 bits per heavy atom. The van der Waals surface area contributed by atoms with E-state index in [0.717, 1.165) is 37.9 Å². The number of hydrogen-bond donors (Lipinski definition) is 0. The lowest BCUT2D eigenvalue weighted by Crippen LogP contribution is -2.39. The molecule has 1 saturated heterocycles. The Labute approximate surface area is 132 Å². The van der Waals surface area contributed by atoms with Gasteiger partial charge in [0.15, 0.2) is 0 Å². The summed E-state index contributed by atoms with van der Waals surface area (Å²) in [5.41, 5.74) is 2.45. The maximum absolute atomic E-state index is 12.3. The van der Waals surface area contributed by atoms with Gasteiger partial charge in [0.2, 0.25) is 5.91 Å². The molecule has 0 bridgehead atoms. The van der Waals surface area contributed by atoms with Crippen LogP contribution in [0.3, 0.4) is 0 Å². The SMILES string of the molecule is O=C(Cc1ccncc1)N1CCC(Cc2ccccc2)CC1. The molecule has 1 fully saturated rings. The highest BCUT2D eigenvalue weighted by molar-refractivity contribution is 5.78. The van der Waals surface area contributed by atoms with E-state index in [2.05, 4.69) is 35.3 Å². The number of hydrogen-bond acceptors (Lipinski definition) is 2. The first-order valence-corrected chi connectivity index (χ1v) is 8.02. The Balaban J connectivity index is 1.48. The Morgan fingerprint density at radius 2 is 1.68 bits per heavy atom. The van der Waals surface area contributed by atoms with Gasteiger partial charge in [-0.2, -0.15) is 0 Å². The van der Waals surface area contributed by atoms with Crippen molar-refractivity contribution in [1.29, 1.82) is 0 Å². The predicted molar refractivity (Wildman–Crippen MR) is 87.4 cm³/mol. The van der Waals surface area contributed by atoms with Gasteiger partial charge in [-0.25, -0.2) is 0 Å². The smallest absolute Gasteiger partial charge is 0.226 e. The third-order valence-electron chi connectivity index (χ3n) is 4.44. The van der Waals surface area contributed by atoms with Gasteiger partial charge in [-0.15, -0.1) is 0 Å². The fourth-order valence-corrected chi connectivity index (χ4v) is 3.12. The molecular formula is C19H22N2O. The number of carbonyl (C=O) groups is 1. The third kappa shape index (κ3) is 3.94. The average Bonchev–Trinajstić information content (AvgIpc) is 2.57. The van der Waals surface area contributed by atoms with Crippen molar-refractivity contribution in [2.45, 2.75) is 25.7 Å². The van der Waals surface area contributed by atoms with E-state index in [1.54, 1.807) is 12.4 Å². The van der Waals surface area contributed by atoms with Crippen molar-refractivity contribution in [3.8, 4) is 0 Å². The molecule has 0 N–H and O–H groups in total. The van der Waals surface area contributed by atoms with Crippen LogP contribution in [-0.2, 0) is 17.6 Å². The first-order chi connectivity index (χ1) is 10.8. The number of piperidine rings is 1. The molecular weight excluding hydrogens is 272 g/mol. The van der Waals surface area contributed by atoms with Crippen LogP contribution in [0.15, 0.2) is 54.9 Å². The molecule has 22 heavy (non-hydrogen) atoms. The molecule has 1 aromatic heterocycles. The highest BCUT2D eigenvalue weighted by Gasteiger charge is 2.22. The Bertz CT molecular complexity index is 589. The number of pyridine rings is 1. The largest absolute Gasteiger partial charge is 0.342 e. The number of likely N-dealkylation sites (tertiary alicyclic amines) is 1. The molecule has 0 radical (unpaired) electrons. The van der Waals surface area contributed by atoms with E-state index in [9.17, 15) is 4.79 Å². The van der Waals surface area contributed by atoms with Crippen LogP contribution < -0.4 is 0 Å². The summed E-state index contributed by atoms with van der Waals surface area (Å²) >= 11 is 0. The normalized spacial score (nSPS) is 15.7. The van der Waals surface area contributed by atoms with Gasteiger partial charge >= 0.3 is 0 Å². The molecule has 0 saturated carbocycles. The maximum Gasteiger partial charge on any atom is 0.226 e. The molecule has 3 rings (SSSR count). The summed E-state index contributed by atoms with van der Waals surface area (Å²) in [6.45, 7) is 1.78. The van der Waals surface area contributed by atoms with Gasteiger partial charge in [0, 0.05) is 25.5 Å². The van der Waals surface area contributed by atoms with Crippen LogP contribution in [0.1, 0.15) is 24.0 Å². The van der Waals surface area contributed by atoms with E-state index in [-0.39, 0.29) is 5.91 Å². The number of benzene rings is 1. The zero-order chi connectivity index (χ0) is 15.2. The van der Waals surface area contributed by atoms with Crippen LogP contribution in [0.5, 0.6) is 0 Å². The molecule has 3 heteroatoms. The second-order valence-corrected chi connectivity index (χ2v) is 6.05. The molecule has 0 atom stereocenters. The molecule has 114 valence electrons. The maximum atomic E-state index is 12.3. The topological polar surface area (TPSA) is 33.2 Å². The second-order valence-electron chi connectivity index (χ2n) is 6.05. The van der Waals surface area contributed by atoms with Crippen molar-refractivity contribution in [3.63, 3.8) is 0 Å². The van der Waals surface area contributed by atoms with Crippen LogP contribution in [0.25, 0.3) is 0 Å². The van der Waals surface area contributed by atoms with E-state index in [1.807, 2.05) is 17.0 Å². The van der Waals surface area contributed by atoms with Crippen molar-refractivity contribution in [2.24, 2.45) is 5.92 Å². The Kier molecular flexibility index (Phi) is 4.84. The van der Waals surface area contributed by atoms with Gasteiger partial charge in [-0.1, -0.05) is 30.3 Å². The number of amides is 1. The molecule has 3 nitrogen and oxygen atoms in total. The predicted octanol–water partition coefficient (Wildman–Crippen LogP) is 3.11. The number of aromatic nitrogens is 1. The Hall–Kier alpha value is -2.16. The lowest BCUT2D eigenvalue weighted by atomic mass is 9.90. The van der Waals surface area contributed by atoms with Gasteiger partial charge < -0.3 is 4.90 Å². The first kappa shape index (κ1) is 14.8. The van der Waals surface area contributed by atoms with Crippen molar-refractivity contribution in [1.82, 2.24) is 9.88 Å². The fraction of sp³-hybridized carbons (Fsp3) is 0.368. The summed E-state index contributed by atoms with van der Waals surface area (Å²) in [6, 6.07) is 14.5. The van der Waals surface area contributed by atoms with Crippen LogP contribution in [0.4, 0.5) is 0 Å². The fourth-order valence-electron chi connectivity index (χ4n) is 3.12. The van der Waals surface area contributed by atoms with Gasteiger partial charge in [0.1, 0.15) is 0 Å². The van der Waals surface area contributed by atoms with Crippen LogP contribution in [0, 0.1) is 5.92 Å². The zero-order valence-corrected chi connectivity index (χ0v) is 12.8. The molecule has 1 aromatic carbocycles. The second kappa shape index (κ2) is 7.21. The van der Waals surface area contributed by atoms with Crippen molar-refractivity contribution < 1.29 is 4.79 Å². The highest BCUT2D eigenvalue weighted by Crippen LogP contribution is 2.22. The van der Waals surface area contributed by atoms with E-state index in [1.165, 1.54) is 5.56 Å². The van der Waals surface area contributed by atoms with E-state index < -0.39 is 0 Å². The van der Waals surface area contributed by atoms with Crippen LogP contribution in [-0.4, -0.2) is 28.9 Å². The van der Waals surface area contributed by atoms with Gasteiger partial charge in [0.25, 0.3) is 0 Å².